The lowest BCUT2D eigenvalue weighted by molar-refractivity contribution is 0.100. The molecule has 0 radical (unpaired) electrons. The van der Waals surface area contributed by atoms with E-state index in [1.54, 1.807) is 0 Å². The van der Waals surface area contributed by atoms with Crippen molar-refractivity contribution in [2.45, 2.75) is 6.61 Å². The number of carbonyl (C=O) groups is 2. The van der Waals surface area contributed by atoms with Crippen molar-refractivity contribution in [3.63, 3.8) is 0 Å². The fraction of sp³-hybridized carbons (Fsp3) is 0.0952. The van der Waals surface area contributed by atoms with E-state index in [0.717, 1.165) is 10.6 Å². The van der Waals surface area contributed by atoms with Crippen molar-refractivity contribution >= 4 is 29.1 Å². The van der Waals surface area contributed by atoms with E-state index in [-0.39, 0.29) is 24.2 Å². The molecule has 4 aromatic rings. The van der Waals surface area contributed by atoms with E-state index in [0.29, 0.717) is 16.7 Å². The lowest BCUT2D eigenvalue weighted by atomic mass is 10.2. The van der Waals surface area contributed by atoms with Gasteiger partial charge in [0, 0.05) is 12.6 Å². The van der Waals surface area contributed by atoms with E-state index in [9.17, 15) is 9.59 Å². The number of nitrogens with two attached hydrogens (primary N) is 1. The van der Waals surface area contributed by atoms with Crippen LogP contribution in [0.15, 0.2) is 71.3 Å². The number of imidazole rings is 1. The molecule has 166 valence electrons. The Morgan fingerprint density at radius 2 is 1.85 bits per heavy atom. The van der Waals surface area contributed by atoms with Gasteiger partial charge in [-0.05, 0) is 29.8 Å². The van der Waals surface area contributed by atoms with Crippen molar-refractivity contribution in [2.75, 3.05) is 7.05 Å². The molecule has 2 heterocycles. The molecule has 33 heavy (non-hydrogen) atoms. The second-order valence-corrected chi connectivity index (χ2v) is 6.67. The van der Waals surface area contributed by atoms with E-state index in [2.05, 4.69) is 30.3 Å². The number of hydrogen-bond donors (Lipinski definition) is 2. The Bertz CT molecular complexity index is 1310. The van der Waals surface area contributed by atoms with Crippen LogP contribution in [0.2, 0.25) is 0 Å². The van der Waals surface area contributed by atoms with Crippen molar-refractivity contribution in [1.82, 2.24) is 24.9 Å². The summed E-state index contributed by atoms with van der Waals surface area (Å²) in [6, 6.07) is 15.3. The van der Waals surface area contributed by atoms with Gasteiger partial charge >= 0.3 is 6.09 Å². The minimum absolute atomic E-state index is 0.0527. The zero-order valence-corrected chi connectivity index (χ0v) is 17.4. The van der Waals surface area contributed by atoms with Crippen molar-refractivity contribution in [1.29, 1.82) is 0 Å². The molecule has 12 nitrogen and oxygen atoms in total. The highest BCUT2D eigenvalue weighted by atomic mass is 16.6. The van der Waals surface area contributed by atoms with Crippen LogP contribution in [0, 0.1) is 0 Å². The average molecular weight is 446 g/mol. The van der Waals surface area contributed by atoms with Gasteiger partial charge in [0.05, 0.1) is 6.33 Å². The number of aromatic nitrogens is 4. The number of carbonyl (C=O) groups excluding carboxylic acids is 2. The number of primary amides is 1. The van der Waals surface area contributed by atoms with E-state index in [4.69, 9.17) is 15.2 Å². The molecule has 0 aliphatic rings. The van der Waals surface area contributed by atoms with Gasteiger partial charge in [-0.3, -0.25) is 4.79 Å². The number of hydrogen-bond acceptors (Lipinski definition) is 9. The minimum atomic E-state index is -0.813. The van der Waals surface area contributed by atoms with Crippen LogP contribution < -0.4 is 15.2 Å². The van der Waals surface area contributed by atoms with Crippen LogP contribution in [-0.4, -0.2) is 44.0 Å². The molecule has 0 unspecified atom stereocenters. The molecule has 0 spiro atoms. The molecule has 2 aromatic heterocycles. The Morgan fingerprint density at radius 1 is 1.09 bits per heavy atom. The fourth-order valence-corrected chi connectivity index (χ4v) is 2.67. The first-order chi connectivity index (χ1) is 16.0. The van der Waals surface area contributed by atoms with Gasteiger partial charge in [0.2, 0.25) is 11.8 Å². The third-order valence-corrected chi connectivity index (χ3v) is 4.34. The summed E-state index contributed by atoms with van der Waals surface area (Å²) in [5, 5.41) is 8.53. The van der Waals surface area contributed by atoms with Crippen molar-refractivity contribution in [3.8, 4) is 11.6 Å². The predicted molar refractivity (Wildman–Crippen MR) is 116 cm³/mol. The van der Waals surface area contributed by atoms with Crippen molar-refractivity contribution in [2.24, 2.45) is 16.1 Å². The topological polar surface area (TPSA) is 161 Å². The highest BCUT2D eigenvalue weighted by Gasteiger charge is 2.14. The number of nitrogens with one attached hydrogen (secondary N) is 1. The summed E-state index contributed by atoms with van der Waals surface area (Å²) in [4.78, 5) is 38.8. The zero-order valence-electron chi connectivity index (χ0n) is 17.4. The molecular weight excluding hydrogens is 428 g/mol. The van der Waals surface area contributed by atoms with Gasteiger partial charge in [0.25, 0.3) is 5.95 Å². The van der Waals surface area contributed by atoms with Gasteiger partial charge in [-0.1, -0.05) is 40.7 Å². The number of ether oxygens (including phenoxy) is 2. The number of rotatable bonds is 7. The maximum atomic E-state index is 12.2. The van der Waals surface area contributed by atoms with Gasteiger partial charge in [-0.15, -0.1) is 0 Å². The molecular formula is C21H18N8O4. The first-order valence-corrected chi connectivity index (χ1v) is 9.64. The van der Waals surface area contributed by atoms with Crippen LogP contribution in [-0.2, 0) is 6.61 Å². The number of H-pyrrole nitrogens is 1. The number of nitrogens with zero attached hydrogens (tertiary/aromatic N) is 6. The maximum absolute atomic E-state index is 12.2. The molecule has 0 aliphatic heterocycles. The van der Waals surface area contributed by atoms with Gasteiger partial charge in [0.1, 0.15) is 17.9 Å². The normalized spacial score (nSPS) is 10.9. The molecule has 0 atom stereocenters. The summed E-state index contributed by atoms with van der Waals surface area (Å²) >= 11 is 0. The molecule has 0 aliphatic carbocycles. The quantitative estimate of drug-likeness (QED) is 0.325. The van der Waals surface area contributed by atoms with E-state index in [1.807, 2.05) is 30.3 Å². The Balaban J connectivity index is 1.45. The van der Waals surface area contributed by atoms with Crippen LogP contribution in [0.3, 0.4) is 0 Å². The lowest BCUT2D eigenvalue weighted by Gasteiger charge is -2.10. The SMILES string of the molecule is CN(/N=N/c1nc(OCc2ccccc2)c2[nH]cnc2n1)C(=O)Oc1ccc(C(N)=O)cc1. The van der Waals surface area contributed by atoms with Crippen molar-refractivity contribution in [3.05, 3.63) is 72.1 Å². The van der Waals surface area contributed by atoms with Gasteiger partial charge in [-0.25, -0.2) is 9.78 Å². The Labute approximate surface area is 187 Å². The van der Waals surface area contributed by atoms with Crippen LogP contribution in [0.5, 0.6) is 11.6 Å². The van der Waals surface area contributed by atoms with Crippen LogP contribution >= 0.6 is 0 Å². The molecule has 0 saturated heterocycles. The second kappa shape index (κ2) is 9.51. The molecule has 0 saturated carbocycles. The number of benzene rings is 2. The third kappa shape index (κ3) is 5.25. The summed E-state index contributed by atoms with van der Waals surface area (Å²) in [5.74, 6) is -0.184. The highest BCUT2D eigenvalue weighted by molar-refractivity contribution is 5.92. The standard InChI is InChI=1S/C21H18N8O4/c1-29(21(31)33-15-9-7-14(8-10-15)17(22)30)28-27-20-25-18-16(23-12-24-18)19(26-20)32-11-13-5-3-2-4-6-13/h2-10,12H,11H2,1H3,(H2,22,30)(H,23,24,25,26)/b28-27+. The molecule has 2 amide bonds. The first kappa shape index (κ1) is 21.4. The Morgan fingerprint density at radius 3 is 2.58 bits per heavy atom. The van der Waals surface area contributed by atoms with Gasteiger partial charge in [-0.2, -0.15) is 15.0 Å². The molecule has 2 aromatic carbocycles. The summed E-state index contributed by atoms with van der Waals surface area (Å²) < 4.78 is 11.0. The van der Waals surface area contributed by atoms with Crippen molar-refractivity contribution < 1.29 is 19.1 Å². The summed E-state index contributed by atoms with van der Waals surface area (Å²) in [7, 11) is 1.35. The molecule has 4 rings (SSSR count). The zero-order chi connectivity index (χ0) is 23.2. The summed E-state index contributed by atoms with van der Waals surface area (Å²) in [6.45, 7) is 0.281. The van der Waals surface area contributed by atoms with Gasteiger partial charge in [0.15, 0.2) is 5.65 Å². The predicted octanol–water partition coefficient (Wildman–Crippen LogP) is 3.16. The van der Waals surface area contributed by atoms with Crippen LogP contribution in [0.4, 0.5) is 10.7 Å². The van der Waals surface area contributed by atoms with E-state index >= 15 is 0 Å². The first-order valence-electron chi connectivity index (χ1n) is 9.64. The van der Waals surface area contributed by atoms with Crippen LogP contribution in [0.1, 0.15) is 15.9 Å². The monoisotopic (exact) mass is 446 g/mol. The van der Waals surface area contributed by atoms with Crippen LogP contribution in [0.25, 0.3) is 11.2 Å². The van der Waals surface area contributed by atoms with E-state index in [1.165, 1.54) is 37.6 Å². The Hall–Kier alpha value is -4.87. The fourth-order valence-electron chi connectivity index (χ4n) is 2.67. The third-order valence-electron chi connectivity index (χ3n) is 4.34. The maximum Gasteiger partial charge on any atom is 0.436 e. The number of amides is 2. The molecule has 0 bridgehead atoms. The minimum Gasteiger partial charge on any atom is -0.471 e. The number of fused-ring (bicyclic) bond motifs is 1. The average Bonchev–Trinajstić information content (AvgIpc) is 3.31. The largest absolute Gasteiger partial charge is 0.471 e. The van der Waals surface area contributed by atoms with E-state index < -0.39 is 12.0 Å². The molecule has 0 fully saturated rings. The summed E-state index contributed by atoms with van der Waals surface area (Å²) in [6.07, 6.45) is 0.648. The lowest BCUT2D eigenvalue weighted by Crippen LogP contribution is -2.24. The highest BCUT2D eigenvalue weighted by Crippen LogP contribution is 2.23. The number of aromatic amines is 1. The Kier molecular flexibility index (Phi) is 6.16. The molecule has 12 heteroatoms. The summed E-state index contributed by atoms with van der Waals surface area (Å²) in [5.41, 5.74) is 7.28. The molecule has 3 N–H and O–H groups in total. The van der Waals surface area contributed by atoms with Gasteiger partial charge < -0.3 is 20.2 Å². The smallest absolute Gasteiger partial charge is 0.436 e. The second-order valence-electron chi connectivity index (χ2n) is 6.67.